The minimum Gasteiger partial charge on any atom is -0.493 e. The van der Waals surface area contributed by atoms with Gasteiger partial charge in [0.15, 0.2) is 11.5 Å². The lowest BCUT2D eigenvalue weighted by Gasteiger charge is -2.19. The van der Waals surface area contributed by atoms with Crippen molar-refractivity contribution in [3.63, 3.8) is 0 Å². The van der Waals surface area contributed by atoms with Crippen molar-refractivity contribution < 1.29 is 23.8 Å². The Morgan fingerprint density at radius 2 is 1.96 bits per heavy atom. The zero-order chi connectivity index (χ0) is 18.9. The topological polar surface area (TPSA) is 77.1 Å². The number of rotatable bonds is 8. The summed E-state index contributed by atoms with van der Waals surface area (Å²) in [5, 5.41) is 3.00. The van der Waals surface area contributed by atoms with Gasteiger partial charge in [0.1, 0.15) is 6.61 Å². The van der Waals surface area contributed by atoms with Crippen LogP contribution in [0.3, 0.4) is 0 Å². The van der Waals surface area contributed by atoms with Gasteiger partial charge in [0, 0.05) is 19.2 Å². The van der Waals surface area contributed by atoms with E-state index in [1.807, 2.05) is 7.05 Å². The molecule has 0 bridgehead atoms. The van der Waals surface area contributed by atoms with Gasteiger partial charge in [0.05, 0.1) is 14.2 Å². The first-order chi connectivity index (χ1) is 12.6. The molecule has 1 N–H and O–H groups in total. The third-order valence-electron chi connectivity index (χ3n) is 3.81. The molecule has 7 heteroatoms. The Labute approximate surface area is 153 Å². The summed E-state index contributed by atoms with van der Waals surface area (Å²) in [4.78, 5) is 25.2. The van der Waals surface area contributed by atoms with E-state index >= 15 is 0 Å². The average molecular weight is 360 g/mol. The van der Waals surface area contributed by atoms with Crippen LogP contribution in [-0.2, 0) is 9.59 Å². The molecule has 0 radical (unpaired) electrons. The highest BCUT2D eigenvalue weighted by Crippen LogP contribution is 2.38. The van der Waals surface area contributed by atoms with Crippen LogP contribution in [0.15, 0.2) is 30.4 Å². The minimum atomic E-state index is -0.355. The summed E-state index contributed by atoms with van der Waals surface area (Å²) in [7, 11) is 4.92. The molecule has 0 saturated carbocycles. The van der Waals surface area contributed by atoms with Gasteiger partial charge in [-0.15, -0.1) is 0 Å². The number of carbonyl (C=O) groups is 2. The summed E-state index contributed by atoms with van der Waals surface area (Å²) in [6, 6.07) is 3.50. The molecule has 2 amide bonds. The van der Waals surface area contributed by atoms with Gasteiger partial charge < -0.3 is 19.5 Å². The monoisotopic (exact) mass is 360 g/mol. The van der Waals surface area contributed by atoms with Crippen molar-refractivity contribution >= 4 is 17.9 Å². The number of methoxy groups -OCH3 is 2. The van der Waals surface area contributed by atoms with Gasteiger partial charge in [0.2, 0.25) is 5.75 Å². The Morgan fingerprint density at radius 1 is 1.27 bits per heavy atom. The third kappa shape index (κ3) is 4.86. The van der Waals surface area contributed by atoms with Gasteiger partial charge in [-0.3, -0.25) is 14.5 Å². The van der Waals surface area contributed by atoms with Gasteiger partial charge in [-0.2, -0.15) is 0 Å². The van der Waals surface area contributed by atoms with E-state index in [0.29, 0.717) is 48.9 Å². The number of amides is 2. The van der Waals surface area contributed by atoms with Crippen LogP contribution in [0.5, 0.6) is 17.2 Å². The van der Waals surface area contributed by atoms with E-state index in [2.05, 4.69) is 5.32 Å². The molecule has 140 valence electrons. The van der Waals surface area contributed by atoms with E-state index in [9.17, 15) is 9.59 Å². The van der Waals surface area contributed by atoms with Crippen molar-refractivity contribution in [2.45, 2.75) is 6.42 Å². The van der Waals surface area contributed by atoms with Crippen molar-refractivity contribution in [2.24, 2.45) is 0 Å². The van der Waals surface area contributed by atoms with E-state index in [-0.39, 0.29) is 11.8 Å². The molecule has 2 rings (SSSR count). The van der Waals surface area contributed by atoms with E-state index in [1.54, 1.807) is 24.3 Å². The fourth-order valence-electron chi connectivity index (χ4n) is 2.46. The first-order valence-electron chi connectivity index (χ1n) is 8.34. The Kier molecular flexibility index (Phi) is 7.23. The summed E-state index contributed by atoms with van der Waals surface area (Å²) in [6.45, 7) is 1.53. The third-order valence-corrected chi connectivity index (χ3v) is 3.81. The van der Waals surface area contributed by atoms with Crippen LogP contribution >= 0.6 is 0 Å². The average Bonchev–Trinajstić information content (AvgIpc) is 2.66. The number of carbonyl (C=O) groups excluding carboxylic acids is 2. The zero-order valence-corrected chi connectivity index (χ0v) is 15.3. The second kappa shape index (κ2) is 9.62. The summed E-state index contributed by atoms with van der Waals surface area (Å²) in [5.74, 6) is 0.861. The van der Waals surface area contributed by atoms with Crippen LogP contribution in [0.1, 0.15) is 12.0 Å². The van der Waals surface area contributed by atoms with Crippen molar-refractivity contribution in [1.82, 2.24) is 10.2 Å². The highest BCUT2D eigenvalue weighted by atomic mass is 16.5. The molecule has 0 spiro atoms. The van der Waals surface area contributed by atoms with Crippen LogP contribution < -0.4 is 19.5 Å². The fraction of sp³-hybridized carbons (Fsp3) is 0.368. The Balaban J connectivity index is 2.19. The SMILES string of the molecule is CNCCOc1c(OC)cc(/C=C/C(=O)N2CCC=CC2=O)cc1OC. The fourth-order valence-corrected chi connectivity index (χ4v) is 2.46. The molecule has 0 atom stereocenters. The molecule has 0 saturated heterocycles. The highest BCUT2D eigenvalue weighted by Gasteiger charge is 2.19. The first kappa shape index (κ1) is 19.5. The van der Waals surface area contributed by atoms with E-state index in [1.165, 1.54) is 31.3 Å². The van der Waals surface area contributed by atoms with E-state index in [0.717, 1.165) is 0 Å². The largest absolute Gasteiger partial charge is 0.493 e. The van der Waals surface area contributed by atoms with Gasteiger partial charge in [-0.25, -0.2) is 0 Å². The lowest BCUT2D eigenvalue weighted by molar-refractivity contribution is -0.139. The molecule has 7 nitrogen and oxygen atoms in total. The predicted octanol–water partition coefficient (Wildman–Crippen LogP) is 1.63. The smallest absolute Gasteiger partial charge is 0.253 e. The van der Waals surface area contributed by atoms with Crippen molar-refractivity contribution in [1.29, 1.82) is 0 Å². The second-order valence-corrected chi connectivity index (χ2v) is 5.56. The molecule has 26 heavy (non-hydrogen) atoms. The lowest BCUT2D eigenvalue weighted by atomic mass is 10.1. The molecule has 0 aromatic heterocycles. The van der Waals surface area contributed by atoms with E-state index in [4.69, 9.17) is 14.2 Å². The van der Waals surface area contributed by atoms with Crippen molar-refractivity contribution in [3.8, 4) is 17.2 Å². The molecule has 1 aliphatic rings. The Hall–Kier alpha value is -2.80. The molecular formula is C19H24N2O5. The van der Waals surface area contributed by atoms with Crippen LogP contribution in [0, 0.1) is 0 Å². The second-order valence-electron chi connectivity index (χ2n) is 5.56. The Morgan fingerprint density at radius 3 is 2.54 bits per heavy atom. The number of ether oxygens (including phenoxy) is 3. The zero-order valence-electron chi connectivity index (χ0n) is 15.3. The molecule has 0 unspecified atom stereocenters. The number of hydrogen-bond donors (Lipinski definition) is 1. The summed E-state index contributed by atoms with van der Waals surface area (Å²) >= 11 is 0. The standard InChI is InChI=1S/C19H24N2O5/c1-20-9-11-26-19-15(24-2)12-14(13-16(19)25-3)7-8-18(23)21-10-5-4-6-17(21)22/h4,6-8,12-13,20H,5,9-11H2,1-3H3/b8-7+. The number of benzene rings is 1. The van der Waals surface area contributed by atoms with Crippen LogP contribution in [0.2, 0.25) is 0 Å². The maximum Gasteiger partial charge on any atom is 0.253 e. The Bertz CT molecular complexity index is 687. The molecule has 1 heterocycles. The normalized spacial score (nSPS) is 14.0. The summed E-state index contributed by atoms with van der Waals surface area (Å²) in [5.41, 5.74) is 0.702. The minimum absolute atomic E-state index is 0.297. The quantitative estimate of drug-likeness (QED) is 0.561. The van der Waals surface area contributed by atoms with Crippen molar-refractivity contribution in [2.75, 3.05) is 41.0 Å². The van der Waals surface area contributed by atoms with Gasteiger partial charge in [0.25, 0.3) is 11.8 Å². The molecule has 0 aliphatic carbocycles. The highest BCUT2D eigenvalue weighted by molar-refractivity contribution is 6.06. The summed E-state index contributed by atoms with van der Waals surface area (Å²) < 4.78 is 16.5. The maximum absolute atomic E-state index is 12.2. The van der Waals surface area contributed by atoms with Crippen LogP contribution in [0.25, 0.3) is 6.08 Å². The number of likely N-dealkylation sites (N-methyl/N-ethyl adjacent to an activating group) is 1. The van der Waals surface area contributed by atoms with Gasteiger partial charge in [-0.1, -0.05) is 6.08 Å². The van der Waals surface area contributed by atoms with Gasteiger partial charge >= 0.3 is 0 Å². The molecule has 1 aromatic rings. The number of nitrogens with one attached hydrogen (secondary N) is 1. The summed E-state index contributed by atoms with van der Waals surface area (Å²) in [6.07, 6.45) is 6.84. The molecule has 1 aliphatic heterocycles. The van der Waals surface area contributed by atoms with Gasteiger partial charge in [-0.05, 0) is 43.3 Å². The van der Waals surface area contributed by atoms with E-state index < -0.39 is 0 Å². The van der Waals surface area contributed by atoms with Crippen LogP contribution in [0.4, 0.5) is 0 Å². The predicted molar refractivity (Wildman–Crippen MR) is 98.5 cm³/mol. The molecule has 0 fully saturated rings. The van der Waals surface area contributed by atoms with Crippen molar-refractivity contribution in [3.05, 3.63) is 35.9 Å². The molecule has 1 aromatic carbocycles. The number of imide groups is 1. The van der Waals surface area contributed by atoms with Crippen LogP contribution in [-0.4, -0.2) is 57.7 Å². The number of hydrogen-bond acceptors (Lipinski definition) is 6. The molecular weight excluding hydrogens is 336 g/mol. The lowest BCUT2D eigenvalue weighted by Crippen LogP contribution is -2.37. The maximum atomic E-state index is 12.2. The number of nitrogens with zero attached hydrogens (tertiary/aromatic N) is 1. The first-order valence-corrected chi connectivity index (χ1v) is 8.34.